The van der Waals surface area contributed by atoms with Crippen LogP contribution in [0, 0.1) is 10.8 Å². The fraction of sp³-hybridized carbons (Fsp3) is 0.250. The molecule has 2 heteroatoms. The molecule has 0 saturated heterocycles. The quantitative estimate of drug-likeness (QED) is 0.667. The van der Waals surface area contributed by atoms with E-state index in [0.717, 1.165) is 18.6 Å². The maximum absolute atomic E-state index is 5.10. The molecule has 0 radical (unpaired) electrons. The van der Waals surface area contributed by atoms with E-state index in [2.05, 4.69) is 26.7 Å². The molecule has 1 nitrogen and oxygen atoms in total. The van der Waals surface area contributed by atoms with Crippen LogP contribution in [0.3, 0.4) is 0 Å². The summed E-state index contributed by atoms with van der Waals surface area (Å²) in [6, 6.07) is 3.84. The second kappa shape index (κ2) is 4.19. The van der Waals surface area contributed by atoms with Crippen molar-refractivity contribution in [3.8, 4) is 10.8 Å². The second-order valence-electron chi connectivity index (χ2n) is 1.85. The van der Waals surface area contributed by atoms with Crippen LogP contribution in [-0.4, -0.2) is 0 Å². The van der Waals surface area contributed by atoms with Gasteiger partial charge in [0.1, 0.15) is 5.76 Å². The molecule has 0 bridgehead atoms. The molecule has 0 saturated carbocycles. The molecule has 0 atom stereocenters. The molecule has 1 rings (SSSR count). The Balaban J connectivity index is 2.32. The lowest BCUT2D eigenvalue weighted by atomic mass is 10.3. The molecule has 0 N–H and O–H groups in total. The highest BCUT2D eigenvalue weighted by molar-refractivity contribution is 9.12. The van der Waals surface area contributed by atoms with Gasteiger partial charge < -0.3 is 4.42 Å². The van der Waals surface area contributed by atoms with Crippen LogP contribution in [0.1, 0.15) is 12.2 Å². The predicted octanol–water partition coefficient (Wildman–Crippen LogP) is 2.57. The van der Waals surface area contributed by atoms with Crippen LogP contribution in [0.4, 0.5) is 0 Å². The molecule has 1 heterocycles. The monoisotopic (exact) mass is 198 g/mol. The van der Waals surface area contributed by atoms with Gasteiger partial charge in [0.15, 0.2) is 0 Å². The van der Waals surface area contributed by atoms with Gasteiger partial charge in [-0.3, -0.25) is 0 Å². The summed E-state index contributed by atoms with van der Waals surface area (Å²) in [4.78, 5) is 2.65. The van der Waals surface area contributed by atoms with Crippen molar-refractivity contribution in [3.05, 3.63) is 24.2 Å². The Bertz CT molecular complexity index is 228. The van der Waals surface area contributed by atoms with Crippen molar-refractivity contribution in [3.63, 3.8) is 0 Å². The van der Waals surface area contributed by atoms with Crippen LogP contribution in [0.2, 0.25) is 0 Å². The van der Waals surface area contributed by atoms with Crippen molar-refractivity contribution in [1.29, 1.82) is 0 Å². The summed E-state index contributed by atoms with van der Waals surface area (Å²) in [5.41, 5.74) is 0. The Morgan fingerprint density at radius 2 is 2.50 bits per heavy atom. The molecule has 0 spiro atoms. The van der Waals surface area contributed by atoms with Crippen LogP contribution < -0.4 is 0 Å². The minimum Gasteiger partial charge on any atom is -0.469 e. The molecular weight excluding hydrogens is 192 g/mol. The number of hydrogen-bond donors (Lipinski definition) is 0. The molecule has 0 aromatic carbocycles. The van der Waals surface area contributed by atoms with Gasteiger partial charge in [-0.05, 0) is 17.0 Å². The van der Waals surface area contributed by atoms with Crippen LogP contribution >= 0.6 is 15.9 Å². The van der Waals surface area contributed by atoms with E-state index in [0.29, 0.717) is 0 Å². The minimum atomic E-state index is 0.846. The molecule has 0 aliphatic rings. The van der Waals surface area contributed by atoms with E-state index in [1.54, 1.807) is 6.26 Å². The predicted molar refractivity (Wildman–Crippen MR) is 43.7 cm³/mol. The van der Waals surface area contributed by atoms with Crippen molar-refractivity contribution in [2.24, 2.45) is 0 Å². The largest absolute Gasteiger partial charge is 0.469 e. The van der Waals surface area contributed by atoms with Crippen molar-refractivity contribution in [2.45, 2.75) is 12.8 Å². The molecule has 10 heavy (non-hydrogen) atoms. The minimum absolute atomic E-state index is 0.846. The van der Waals surface area contributed by atoms with E-state index < -0.39 is 0 Å². The van der Waals surface area contributed by atoms with Crippen LogP contribution in [-0.2, 0) is 6.42 Å². The third-order valence-corrected chi connectivity index (χ3v) is 1.42. The summed E-state index contributed by atoms with van der Waals surface area (Å²) in [5.74, 6) is 3.89. The van der Waals surface area contributed by atoms with E-state index in [-0.39, 0.29) is 0 Å². The maximum Gasteiger partial charge on any atom is 0.104 e. The fourth-order valence-corrected chi connectivity index (χ4v) is 0.886. The summed E-state index contributed by atoms with van der Waals surface area (Å²) >= 11 is 3.02. The Hall–Kier alpha value is -0.680. The average Bonchev–Trinajstić information content (AvgIpc) is 2.41. The normalized spacial score (nSPS) is 8.50. The Labute approximate surface area is 68.6 Å². The number of halogens is 1. The standard InChI is InChI=1S/C8H7BrO/c9-6-2-1-4-8-5-3-7-10-8/h3,5,7H,1,4H2. The molecular formula is C8H7BrO. The van der Waals surface area contributed by atoms with Crippen molar-refractivity contribution in [1.82, 2.24) is 0 Å². The summed E-state index contributed by atoms with van der Waals surface area (Å²) < 4.78 is 5.10. The van der Waals surface area contributed by atoms with E-state index >= 15 is 0 Å². The molecule has 1 aromatic rings. The first kappa shape index (κ1) is 7.43. The van der Waals surface area contributed by atoms with Gasteiger partial charge in [-0.25, -0.2) is 0 Å². The Morgan fingerprint density at radius 1 is 1.60 bits per heavy atom. The zero-order valence-corrected chi connectivity index (χ0v) is 7.02. The molecule has 0 aliphatic heterocycles. The van der Waals surface area contributed by atoms with Crippen LogP contribution in [0.15, 0.2) is 22.8 Å². The lowest BCUT2D eigenvalue weighted by Crippen LogP contribution is -1.76. The molecule has 1 aromatic heterocycles. The number of aryl methyl sites for hydroxylation is 1. The number of furan rings is 1. The van der Waals surface area contributed by atoms with Gasteiger partial charge in [0.2, 0.25) is 0 Å². The average molecular weight is 199 g/mol. The maximum atomic E-state index is 5.10. The van der Waals surface area contributed by atoms with E-state index in [1.165, 1.54) is 0 Å². The van der Waals surface area contributed by atoms with Gasteiger partial charge in [-0.1, -0.05) is 5.92 Å². The van der Waals surface area contributed by atoms with Gasteiger partial charge in [-0.2, -0.15) is 0 Å². The van der Waals surface area contributed by atoms with Gasteiger partial charge >= 0.3 is 0 Å². The topological polar surface area (TPSA) is 13.1 Å². The zero-order valence-electron chi connectivity index (χ0n) is 5.43. The SMILES string of the molecule is BrC#CCCc1ccco1. The first-order chi connectivity index (χ1) is 4.93. The third kappa shape index (κ3) is 2.28. The Kier molecular flexibility index (Phi) is 3.11. The summed E-state index contributed by atoms with van der Waals surface area (Å²) in [6.45, 7) is 0. The van der Waals surface area contributed by atoms with Crippen molar-refractivity contribution < 1.29 is 4.42 Å². The first-order valence-electron chi connectivity index (χ1n) is 3.04. The van der Waals surface area contributed by atoms with Gasteiger partial charge in [-0.15, -0.1) is 0 Å². The number of hydrogen-bond acceptors (Lipinski definition) is 1. The fourth-order valence-electron chi connectivity index (χ4n) is 0.688. The van der Waals surface area contributed by atoms with E-state index in [9.17, 15) is 0 Å². The summed E-state index contributed by atoms with van der Waals surface area (Å²) in [5, 5.41) is 0. The highest BCUT2D eigenvalue weighted by Crippen LogP contribution is 2.02. The van der Waals surface area contributed by atoms with Gasteiger partial charge in [0.25, 0.3) is 0 Å². The van der Waals surface area contributed by atoms with Crippen molar-refractivity contribution in [2.75, 3.05) is 0 Å². The van der Waals surface area contributed by atoms with Gasteiger partial charge in [0, 0.05) is 28.8 Å². The van der Waals surface area contributed by atoms with E-state index in [1.807, 2.05) is 12.1 Å². The van der Waals surface area contributed by atoms with Crippen LogP contribution in [0.5, 0.6) is 0 Å². The van der Waals surface area contributed by atoms with E-state index in [4.69, 9.17) is 4.42 Å². The molecule has 0 amide bonds. The molecule has 0 fully saturated rings. The highest BCUT2D eigenvalue weighted by Gasteiger charge is 1.90. The van der Waals surface area contributed by atoms with Crippen molar-refractivity contribution >= 4 is 15.9 Å². The van der Waals surface area contributed by atoms with Crippen LogP contribution in [0.25, 0.3) is 0 Å². The number of rotatable bonds is 2. The highest BCUT2D eigenvalue weighted by atomic mass is 79.9. The third-order valence-electron chi connectivity index (χ3n) is 1.14. The first-order valence-corrected chi connectivity index (χ1v) is 3.83. The lowest BCUT2D eigenvalue weighted by Gasteiger charge is -1.86. The zero-order chi connectivity index (χ0) is 7.23. The summed E-state index contributed by atoms with van der Waals surface area (Å²) in [6.07, 6.45) is 3.42. The summed E-state index contributed by atoms with van der Waals surface area (Å²) in [7, 11) is 0. The lowest BCUT2D eigenvalue weighted by molar-refractivity contribution is 0.511. The molecule has 0 unspecified atom stereocenters. The molecule has 0 aliphatic carbocycles. The smallest absolute Gasteiger partial charge is 0.104 e. The Morgan fingerprint density at radius 3 is 3.10 bits per heavy atom. The van der Waals surface area contributed by atoms with Gasteiger partial charge in [0.05, 0.1) is 6.26 Å². The second-order valence-corrected chi connectivity index (χ2v) is 2.25. The molecule has 52 valence electrons.